The molecule has 1 heterocycles. The lowest BCUT2D eigenvalue weighted by atomic mass is 10.2. The summed E-state index contributed by atoms with van der Waals surface area (Å²) < 4.78 is 5.17. The number of Topliss-reactive ketones (excluding diaryl/α,β-unsaturated/α-hetero) is 1. The Kier molecular flexibility index (Phi) is 4.71. The van der Waals surface area contributed by atoms with E-state index in [1.165, 1.54) is 6.92 Å². The van der Waals surface area contributed by atoms with Crippen LogP contribution in [-0.2, 0) is 14.3 Å². The number of amides is 1. The van der Waals surface area contributed by atoms with Gasteiger partial charge in [0, 0.05) is 13.1 Å². The Balaban J connectivity index is 2.25. The molecule has 0 aromatic rings. The Morgan fingerprint density at radius 3 is 2.53 bits per heavy atom. The number of ether oxygens (including phenoxy) is 1. The zero-order chi connectivity index (χ0) is 11.3. The van der Waals surface area contributed by atoms with E-state index >= 15 is 0 Å². The Labute approximate surface area is 89.8 Å². The van der Waals surface area contributed by atoms with E-state index in [1.807, 2.05) is 4.90 Å². The Morgan fingerprint density at radius 1 is 1.40 bits per heavy atom. The van der Waals surface area contributed by atoms with Gasteiger partial charge in [0.05, 0.1) is 25.8 Å². The van der Waals surface area contributed by atoms with Crippen LogP contribution in [0, 0.1) is 0 Å². The molecule has 1 N–H and O–H groups in total. The summed E-state index contributed by atoms with van der Waals surface area (Å²) in [4.78, 5) is 24.4. The van der Waals surface area contributed by atoms with Gasteiger partial charge in [0.2, 0.25) is 5.91 Å². The lowest BCUT2D eigenvalue weighted by molar-refractivity contribution is -0.127. The van der Waals surface area contributed by atoms with Crippen molar-refractivity contribution in [3.05, 3.63) is 0 Å². The smallest absolute Gasteiger partial charge is 0.234 e. The predicted octanol–water partition coefficient (Wildman–Crippen LogP) is -0.588. The monoisotopic (exact) mass is 214 g/mol. The first-order chi connectivity index (χ1) is 7.09. The predicted molar refractivity (Wildman–Crippen MR) is 55.5 cm³/mol. The number of hydrogen-bond donors (Lipinski definition) is 1. The van der Waals surface area contributed by atoms with Crippen molar-refractivity contribution < 1.29 is 14.3 Å². The third-order valence-electron chi connectivity index (χ3n) is 2.46. The van der Waals surface area contributed by atoms with Crippen LogP contribution in [0.1, 0.15) is 13.8 Å². The number of carbonyl (C=O) groups excluding carboxylic acids is 2. The molecule has 1 saturated heterocycles. The summed E-state index contributed by atoms with van der Waals surface area (Å²) in [7, 11) is 0. The largest absolute Gasteiger partial charge is 0.379 e. The summed E-state index contributed by atoms with van der Waals surface area (Å²) in [6, 6.07) is -0.390. The molecular formula is C10H18N2O3. The van der Waals surface area contributed by atoms with E-state index in [2.05, 4.69) is 5.32 Å². The molecule has 0 aromatic carbocycles. The summed E-state index contributed by atoms with van der Waals surface area (Å²) in [5.74, 6) is -0.120. The molecule has 0 aromatic heterocycles. The molecule has 0 radical (unpaired) electrons. The number of hydrogen-bond acceptors (Lipinski definition) is 4. The first kappa shape index (κ1) is 12.1. The van der Waals surface area contributed by atoms with Gasteiger partial charge in [0.1, 0.15) is 0 Å². The van der Waals surface area contributed by atoms with E-state index in [-0.39, 0.29) is 11.7 Å². The molecule has 0 spiro atoms. The molecule has 5 heteroatoms. The maximum atomic E-state index is 11.5. The van der Waals surface area contributed by atoms with Gasteiger partial charge < -0.3 is 10.1 Å². The first-order valence-corrected chi connectivity index (χ1v) is 5.19. The minimum Gasteiger partial charge on any atom is -0.379 e. The highest BCUT2D eigenvalue weighted by molar-refractivity contribution is 5.87. The van der Waals surface area contributed by atoms with Crippen molar-refractivity contribution in [1.82, 2.24) is 10.2 Å². The number of carbonyl (C=O) groups is 2. The fraction of sp³-hybridized carbons (Fsp3) is 0.800. The molecule has 0 saturated carbocycles. The van der Waals surface area contributed by atoms with Crippen LogP contribution in [0.15, 0.2) is 0 Å². The number of nitrogens with one attached hydrogen (secondary N) is 1. The Morgan fingerprint density at radius 2 is 2.00 bits per heavy atom. The van der Waals surface area contributed by atoms with Crippen LogP contribution in [0.4, 0.5) is 0 Å². The standard InChI is InChI=1S/C10H18N2O3/c1-8(9(2)13)11-10(14)7-12-3-5-15-6-4-12/h8H,3-7H2,1-2H3,(H,11,14). The van der Waals surface area contributed by atoms with Crippen molar-refractivity contribution >= 4 is 11.7 Å². The van der Waals surface area contributed by atoms with Gasteiger partial charge in [-0.25, -0.2) is 0 Å². The molecule has 86 valence electrons. The maximum Gasteiger partial charge on any atom is 0.234 e. The van der Waals surface area contributed by atoms with Gasteiger partial charge in [-0.05, 0) is 13.8 Å². The fourth-order valence-electron chi connectivity index (χ4n) is 1.35. The second kappa shape index (κ2) is 5.82. The van der Waals surface area contributed by atoms with Crippen LogP contribution < -0.4 is 5.32 Å². The van der Waals surface area contributed by atoms with E-state index in [4.69, 9.17) is 4.74 Å². The molecule has 1 fully saturated rings. The highest BCUT2D eigenvalue weighted by Gasteiger charge is 2.16. The molecular weight excluding hydrogens is 196 g/mol. The molecule has 1 unspecified atom stereocenters. The fourth-order valence-corrected chi connectivity index (χ4v) is 1.35. The number of ketones is 1. The minimum absolute atomic E-state index is 0.0228. The molecule has 0 bridgehead atoms. The van der Waals surface area contributed by atoms with Gasteiger partial charge >= 0.3 is 0 Å². The molecule has 15 heavy (non-hydrogen) atoms. The van der Waals surface area contributed by atoms with Crippen LogP contribution in [0.5, 0.6) is 0 Å². The lowest BCUT2D eigenvalue weighted by Gasteiger charge is -2.26. The lowest BCUT2D eigenvalue weighted by Crippen LogP contribution is -2.46. The third-order valence-corrected chi connectivity index (χ3v) is 2.46. The SMILES string of the molecule is CC(=O)C(C)NC(=O)CN1CCOCC1. The molecule has 1 aliphatic heterocycles. The summed E-state index contributed by atoms with van der Waals surface area (Å²) in [6.07, 6.45) is 0. The van der Waals surface area contributed by atoms with Crippen molar-refractivity contribution in [2.45, 2.75) is 19.9 Å². The zero-order valence-corrected chi connectivity index (χ0v) is 9.28. The van der Waals surface area contributed by atoms with Crippen LogP contribution >= 0.6 is 0 Å². The zero-order valence-electron chi connectivity index (χ0n) is 9.28. The second-order valence-corrected chi connectivity index (χ2v) is 3.79. The number of rotatable bonds is 4. The molecule has 1 amide bonds. The molecule has 1 atom stereocenters. The third kappa shape index (κ3) is 4.40. The molecule has 1 rings (SSSR count). The van der Waals surface area contributed by atoms with Crippen molar-refractivity contribution in [3.63, 3.8) is 0 Å². The summed E-state index contributed by atoms with van der Waals surface area (Å²) in [5.41, 5.74) is 0. The highest BCUT2D eigenvalue weighted by atomic mass is 16.5. The number of morpholine rings is 1. The van der Waals surface area contributed by atoms with Crippen molar-refractivity contribution in [2.75, 3.05) is 32.8 Å². The van der Waals surface area contributed by atoms with Crippen molar-refractivity contribution in [1.29, 1.82) is 0 Å². The van der Waals surface area contributed by atoms with Gasteiger partial charge in [-0.3, -0.25) is 14.5 Å². The van der Waals surface area contributed by atoms with E-state index in [0.29, 0.717) is 19.8 Å². The molecule has 0 aliphatic carbocycles. The first-order valence-electron chi connectivity index (χ1n) is 5.19. The maximum absolute atomic E-state index is 11.5. The van der Waals surface area contributed by atoms with Gasteiger partial charge in [-0.1, -0.05) is 0 Å². The van der Waals surface area contributed by atoms with Crippen LogP contribution in [-0.4, -0.2) is 55.5 Å². The van der Waals surface area contributed by atoms with Crippen LogP contribution in [0.25, 0.3) is 0 Å². The van der Waals surface area contributed by atoms with E-state index in [9.17, 15) is 9.59 Å². The van der Waals surface area contributed by atoms with Gasteiger partial charge in [-0.2, -0.15) is 0 Å². The summed E-state index contributed by atoms with van der Waals surface area (Å²) in [6.45, 7) is 6.43. The summed E-state index contributed by atoms with van der Waals surface area (Å²) >= 11 is 0. The highest BCUT2D eigenvalue weighted by Crippen LogP contribution is 1.96. The Bertz CT molecular complexity index is 237. The molecule has 5 nitrogen and oxygen atoms in total. The molecule has 1 aliphatic rings. The van der Waals surface area contributed by atoms with Crippen LogP contribution in [0.3, 0.4) is 0 Å². The van der Waals surface area contributed by atoms with E-state index in [1.54, 1.807) is 6.92 Å². The van der Waals surface area contributed by atoms with Gasteiger partial charge in [0.15, 0.2) is 5.78 Å². The van der Waals surface area contributed by atoms with E-state index in [0.717, 1.165) is 13.1 Å². The topological polar surface area (TPSA) is 58.6 Å². The van der Waals surface area contributed by atoms with Gasteiger partial charge in [0.25, 0.3) is 0 Å². The van der Waals surface area contributed by atoms with E-state index < -0.39 is 6.04 Å². The summed E-state index contributed by atoms with van der Waals surface area (Å²) in [5, 5.41) is 2.66. The Hall–Kier alpha value is -0.940. The normalized spacial score (nSPS) is 19.6. The average Bonchev–Trinajstić information content (AvgIpc) is 2.18. The minimum atomic E-state index is -0.390. The van der Waals surface area contributed by atoms with Gasteiger partial charge in [-0.15, -0.1) is 0 Å². The van der Waals surface area contributed by atoms with Crippen molar-refractivity contribution in [2.24, 2.45) is 0 Å². The number of nitrogens with zero attached hydrogens (tertiary/aromatic N) is 1. The quantitative estimate of drug-likeness (QED) is 0.679. The average molecular weight is 214 g/mol. The van der Waals surface area contributed by atoms with Crippen LogP contribution in [0.2, 0.25) is 0 Å². The van der Waals surface area contributed by atoms with Crippen molar-refractivity contribution in [3.8, 4) is 0 Å². The second-order valence-electron chi connectivity index (χ2n) is 3.79.